The number of halogens is 1. The first-order valence-electron chi connectivity index (χ1n) is 6.87. The third-order valence-electron chi connectivity index (χ3n) is 3.40. The molecule has 0 atom stereocenters. The smallest absolute Gasteiger partial charge is 0.186 e. The highest BCUT2D eigenvalue weighted by molar-refractivity contribution is 6.30. The van der Waals surface area contributed by atoms with Gasteiger partial charge in [-0.1, -0.05) is 59.3 Å². The minimum atomic E-state index is 0.367. The zero-order chi connectivity index (χ0) is 15.4. The van der Waals surface area contributed by atoms with E-state index in [0.29, 0.717) is 23.7 Å². The zero-order valence-electron chi connectivity index (χ0n) is 11.8. The molecule has 0 aliphatic heterocycles. The van der Waals surface area contributed by atoms with Crippen molar-refractivity contribution >= 4 is 11.6 Å². The van der Waals surface area contributed by atoms with Crippen molar-refractivity contribution in [2.75, 3.05) is 0 Å². The van der Waals surface area contributed by atoms with Crippen LogP contribution in [0.2, 0.25) is 5.02 Å². The molecule has 0 fully saturated rings. The van der Waals surface area contributed by atoms with E-state index in [2.05, 4.69) is 16.4 Å². The Labute approximate surface area is 133 Å². The van der Waals surface area contributed by atoms with E-state index < -0.39 is 0 Å². The second-order valence-electron chi connectivity index (χ2n) is 4.94. The van der Waals surface area contributed by atoms with Gasteiger partial charge in [0.2, 0.25) is 0 Å². The molecule has 0 aliphatic carbocycles. The Morgan fingerprint density at radius 1 is 1.00 bits per heavy atom. The lowest BCUT2D eigenvalue weighted by molar-refractivity contribution is 0.625. The van der Waals surface area contributed by atoms with Crippen LogP contribution in [0.25, 0.3) is 0 Å². The van der Waals surface area contributed by atoms with Crippen LogP contribution in [0.4, 0.5) is 0 Å². The van der Waals surface area contributed by atoms with Gasteiger partial charge in [0.25, 0.3) is 0 Å². The average molecular weight is 309 g/mol. The number of rotatable bonds is 4. The Hall–Kier alpha value is -2.64. The highest BCUT2D eigenvalue weighted by atomic mass is 35.5. The molecule has 0 saturated heterocycles. The fourth-order valence-electron chi connectivity index (χ4n) is 2.27. The second-order valence-corrected chi connectivity index (χ2v) is 5.38. The van der Waals surface area contributed by atoms with Crippen molar-refractivity contribution in [3.63, 3.8) is 0 Å². The number of aromatic nitrogens is 3. The van der Waals surface area contributed by atoms with Gasteiger partial charge in [-0.3, -0.25) is 0 Å². The summed E-state index contributed by atoms with van der Waals surface area (Å²) < 4.78 is 1.78. The van der Waals surface area contributed by atoms with E-state index in [-0.39, 0.29) is 0 Å². The summed E-state index contributed by atoms with van der Waals surface area (Å²) >= 11 is 5.91. The van der Waals surface area contributed by atoms with Crippen LogP contribution in [0, 0.1) is 11.3 Å². The molecule has 0 bridgehead atoms. The van der Waals surface area contributed by atoms with Crippen LogP contribution in [-0.4, -0.2) is 15.0 Å². The Morgan fingerprint density at radius 2 is 1.73 bits per heavy atom. The fourth-order valence-corrected chi connectivity index (χ4v) is 2.40. The first-order valence-corrected chi connectivity index (χ1v) is 7.25. The maximum Gasteiger partial charge on any atom is 0.186 e. The number of nitriles is 1. The summed E-state index contributed by atoms with van der Waals surface area (Å²) in [4.78, 5) is 0. The zero-order valence-corrected chi connectivity index (χ0v) is 12.5. The quantitative estimate of drug-likeness (QED) is 0.742. The molecule has 0 saturated carbocycles. The average Bonchev–Trinajstić information content (AvgIpc) is 2.92. The predicted molar refractivity (Wildman–Crippen MR) is 84.5 cm³/mol. The van der Waals surface area contributed by atoms with Crippen LogP contribution < -0.4 is 0 Å². The largest absolute Gasteiger partial charge is 0.243 e. The van der Waals surface area contributed by atoms with E-state index in [1.807, 2.05) is 54.6 Å². The lowest BCUT2D eigenvalue weighted by atomic mass is 10.1. The Kier molecular flexibility index (Phi) is 4.17. The van der Waals surface area contributed by atoms with Crippen molar-refractivity contribution in [2.45, 2.75) is 13.0 Å². The molecule has 22 heavy (non-hydrogen) atoms. The Morgan fingerprint density at radius 3 is 2.41 bits per heavy atom. The minimum absolute atomic E-state index is 0.367. The molecule has 0 amide bonds. The van der Waals surface area contributed by atoms with Crippen molar-refractivity contribution in [1.82, 2.24) is 15.0 Å². The summed E-state index contributed by atoms with van der Waals surface area (Å²) in [6, 6.07) is 19.7. The molecule has 3 rings (SSSR count). The van der Waals surface area contributed by atoms with E-state index in [1.165, 1.54) is 0 Å². The summed E-state index contributed by atoms with van der Waals surface area (Å²) in [5.74, 6) is 0. The molecule has 2 aromatic carbocycles. The molecule has 0 spiro atoms. The standard InChI is InChI=1S/C17H13ClN4/c18-15-8-6-13(7-9-15)10-17-16(11-19)20-21-22(17)12-14-4-2-1-3-5-14/h1-9H,10,12H2. The molecule has 5 heteroatoms. The number of hydrogen-bond donors (Lipinski definition) is 0. The first kappa shape index (κ1) is 14.3. The molecule has 0 aliphatic rings. The highest BCUT2D eigenvalue weighted by Gasteiger charge is 2.13. The van der Waals surface area contributed by atoms with Crippen molar-refractivity contribution < 1.29 is 0 Å². The third-order valence-corrected chi connectivity index (χ3v) is 3.66. The molecule has 0 radical (unpaired) electrons. The first-order chi connectivity index (χ1) is 10.8. The van der Waals surface area contributed by atoms with Crippen molar-refractivity contribution in [1.29, 1.82) is 5.26 Å². The summed E-state index contributed by atoms with van der Waals surface area (Å²) in [6.45, 7) is 0.596. The maximum atomic E-state index is 9.23. The van der Waals surface area contributed by atoms with Gasteiger partial charge in [-0.15, -0.1) is 5.10 Å². The lowest BCUT2D eigenvalue weighted by Crippen LogP contribution is -2.07. The minimum Gasteiger partial charge on any atom is -0.243 e. The molecule has 108 valence electrons. The molecule has 0 unspecified atom stereocenters. The Bertz CT molecular complexity index is 801. The van der Waals surface area contributed by atoms with Crippen molar-refractivity contribution in [2.24, 2.45) is 0 Å². The highest BCUT2D eigenvalue weighted by Crippen LogP contribution is 2.16. The SMILES string of the molecule is N#Cc1nnn(Cc2ccccc2)c1Cc1ccc(Cl)cc1. The van der Waals surface area contributed by atoms with Crippen LogP contribution in [-0.2, 0) is 13.0 Å². The predicted octanol–water partition coefficient (Wildman–Crippen LogP) is 3.44. The summed E-state index contributed by atoms with van der Waals surface area (Å²) in [5, 5.41) is 18.0. The molecule has 0 N–H and O–H groups in total. The van der Waals surface area contributed by atoms with Gasteiger partial charge in [0, 0.05) is 11.4 Å². The summed E-state index contributed by atoms with van der Waals surface area (Å²) in [5.41, 5.74) is 3.37. The van der Waals surface area contributed by atoms with E-state index in [0.717, 1.165) is 16.8 Å². The van der Waals surface area contributed by atoms with E-state index in [1.54, 1.807) is 4.68 Å². The third kappa shape index (κ3) is 3.16. The number of hydrogen-bond acceptors (Lipinski definition) is 3. The van der Waals surface area contributed by atoms with Gasteiger partial charge in [0.1, 0.15) is 6.07 Å². The van der Waals surface area contributed by atoms with Crippen molar-refractivity contribution in [3.05, 3.63) is 82.1 Å². The Balaban J connectivity index is 1.90. The van der Waals surface area contributed by atoms with Gasteiger partial charge in [0.15, 0.2) is 5.69 Å². The molecular formula is C17H13ClN4. The van der Waals surface area contributed by atoms with Gasteiger partial charge in [-0.2, -0.15) is 5.26 Å². The van der Waals surface area contributed by atoms with E-state index in [4.69, 9.17) is 11.6 Å². The second kappa shape index (κ2) is 6.42. The van der Waals surface area contributed by atoms with Crippen LogP contribution in [0.5, 0.6) is 0 Å². The number of benzene rings is 2. The summed E-state index contributed by atoms with van der Waals surface area (Å²) in [6.07, 6.45) is 0.597. The van der Waals surface area contributed by atoms with Crippen molar-refractivity contribution in [3.8, 4) is 6.07 Å². The lowest BCUT2D eigenvalue weighted by Gasteiger charge is -2.07. The van der Waals surface area contributed by atoms with E-state index >= 15 is 0 Å². The monoisotopic (exact) mass is 308 g/mol. The van der Waals surface area contributed by atoms with Gasteiger partial charge < -0.3 is 0 Å². The normalized spacial score (nSPS) is 10.4. The van der Waals surface area contributed by atoms with Crippen LogP contribution in [0.1, 0.15) is 22.5 Å². The van der Waals surface area contributed by atoms with E-state index in [9.17, 15) is 5.26 Å². The fraction of sp³-hybridized carbons (Fsp3) is 0.118. The van der Waals surface area contributed by atoms with Gasteiger partial charge in [-0.25, -0.2) is 4.68 Å². The molecular weight excluding hydrogens is 296 g/mol. The molecule has 1 aromatic heterocycles. The van der Waals surface area contributed by atoms with Crippen LogP contribution in [0.3, 0.4) is 0 Å². The van der Waals surface area contributed by atoms with Gasteiger partial charge in [0.05, 0.1) is 12.2 Å². The molecule has 4 nitrogen and oxygen atoms in total. The van der Waals surface area contributed by atoms with Crippen LogP contribution in [0.15, 0.2) is 54.6 Å². The number of nitrogens with zero attached hydrogens (tertiary/aromatic N) is 4. The topological polar surface area (TPSA) is 54.5 Å². The van der Waals surface area contributed by atoms with Gasteiger partial charge in [-0.05, 0) is 23.3 Å². The molecule has 1 heterocycles. The van der Waals surface area contributed by atoms with Crippen LogP contribution >= 0.6 is 11.6 Å². The molecule has 3 aromatic rings. The van der Waals surface area contributed by atoms with Gasteiger partial charge >= 0.3 is 0 Å². The summed E-state index contributed by atoms with van der Waals surface area (Å²) in [7, 11) is 0. The maximum absolute atomic E-state index is 9.23.